The van der Waals surface area contributed by atoms with Gasteiger partial charge in [-0.2, -0.15) is 0 Å². The highest BCUT2D eigenvalue weighted by atomic mass is 16.6. The summed E-state index contributed by atoms with van der Waals surface area (Å²) in [5, 5.41) is 18.0. The van der Waals surface area contributed by atoms with Crippen molar-refractivity contribution in [3.05, 3.63) is 0 Å². The van der Waals surface area contributed by atoms with Gasteiger partial charge in [-0.05, 0) is 64.3 Å². The quantitative estimate of drug-likeness (QED) is 0.776. The Morgan fingerprint density at radius 3 is 2.16 bits per heavy atom. The molecule has 0 unspecified atom stereocenters. The highest BCUT2D eigenvalue weighted by molar-refractivity contribution is 5.82. The Bertz CT molecular complexity index is 544. The third-order valence-corrected chi connectivity index (χ3v) is 5.78. The molecule has 25 heavy (non-hydrogen) atoms. The summed E-state index contributed by atoms with van der Waals surface area (Å²) >= 11 is 0. The van der Waals surface area contributed by atoms with Crippen LogP contribution < -0.4 is 0 Å². The lowest BCUT2D eigenvalue weighted by molar-refractivity contribution is -0.142. The summed E-state index contributed by atoms with van der Waals surface area (Å²) in [4.78, 5) is 26.5. The number of carbonyl (C=O) groups excluding carboxylic acids is 1. The van der Waals surface area contributed by atoms with E-state index in [0.717, 1.165) is 18.3 Å². The van der Waals surface area contributed by atoms with Crippen molar-refractivity contribution in [1.29, 1.82) is 0 Å². The maximum atomic E-state index is 11.8. The van der Waals surface area contributed by atoms with Crippen LogP contribution in [0.25, 0.3) is 0 Å². The van der Waals surface area contributed by atoms with Crippen molar-refractivity contribution in [1.82, 2.24) is 9.80 Å². The van der Waals surface area contributed by atoms with E-state index in [1.165, 1.54) is 17.9 Å². The number of piperidine rings is 2. The molecule has 2 N–H and O–H groups in total. The van der Waals surface area contributed by atoms with Crippen LogP contribution in [-0.4, -0.2) is 76.5 Å². The Labute approximate surface area is 148 Å². The second kappa shape index (κ2) is 6.43. The normalized spacial score (nSPS) is 38.4. The molecule has 0 bridgehead atoms. The predicted octanol–water partition coefficient (Wildman–Crippen LogP) is 1.26. The summed E-state index contributed by atoms with van der Waals surface area (Å²) in [6.45, 7) is 7.43. The van der Waals surface area contributed by atoms with Crippen molar-refractivity contribution in [2.45, 2.75) is 51.3 Å². The monoisotopic (exact) mass is 354 g/mol. The summed E-state index contributed by atoms with van der Waals surface area (Å²) in [6.07, 6.45) is 1.79. The molecule has 2 aliphatic carbocycles. The van der Waals surface area contributed by atoms with Crippen LogP contribution in [0.15, 0.2) is 0 Å². The van der Waals surface area contributed by atoms with E-state index in [-0.39, 0.29) is 5.92 Å². The first-order chi connectivity index (χ1) is 11.6. The molecule has 4 fully saturated rings. The largest absolute Gasteiger partial charge is 0.480 e. The average Bonchev–Trinajstić information content (AvgIpc) is 3.35. The number of hydrogen-bond donors (Lipinski definition) is 2. The zero-order chi connectivity index (χ0) is 18.5. The van der Waals surface area contributed by atoms with E-state index < -0.39 is 23.7 Å². The van der Waals surface area contributed by atoms with Gasteiger partial charge >= 0.3 is 12.1 Å². The Morgan fingerprint density at radius 2 is 1.72 bits per heavy atom. The Balaban J connectivity index is 0.000000170. The molecule has 0 spiro atoms. The number of fused-ring (bicyclic) bond motifs is 2. The van der Waals surface area contributed by atoms with Crippen molar-refractivity contribution in [3.8, 4) is 0 Å². The molecule has 2 saturated heterocycles. The maximum absolute atomic E-state index is 11.8. The van der Waals surface area contributed by atoms with Crippen LogP contribution in [0.1, 0.15) is 33.6 Å². The van der Waals surface area contributed by atoms with Crippen LogP contribution >= 0.6 is 0 Å². The van der Waals surface area contributed by atoms with Crippen LogP contribution in [0.4, 0.5) is 4.79 Å². The minimum absolute atomic E-state index is 0.144. The van der Waals surface area contributed by atoms with Gasteiger partial charge in [0.05, 0.1) is 6.61 Å². The summed E-state index contributed by atoms with van der Waals surface area (Å²) in [5.41, 5.74) is -0.576. The number of likely N-dealkylation sites (tertiary alicyclic amines) is 2. The third-order valence-electron chi connectivity index (χ3n) is 5.78. The lowest BCUT2D eigenvalue weighted by Gasteiger charge is -2.28. The first-order valence-corrected chi connectivity index (χ1v) is 9.16. The molecule has 2 saturated carbocycles. The van der Waals surface area contributed by atoms with Gasteiger partial charge in [-0.25, -0.2) is 9.59 Å². The summed E-state index contributed by atoms with van der Waals surface area (Å²) < 4.78 is 5.19. The highest BCUT2D eigenvalue weighted by Crippen LogP contribution is 2.50. The summed E-state index contributed by atoms with van der Waals surface area (Å²) in [6, 6.07) is -0.185. The molecule has 2 aliphatic heterocycles. The van der Waals surface area contributed by atoms with E-state index in [1.807, 2.05) is 0 Å². The number of ether oxygens (including phenoxy) is 1. The van der Waals surface area contributed by atoms with Gasteiger partial charge in [-0.3, -0.25) is 4.90 Å². The zero-order valence-electron chi connectivity index (χ0n) is 15.5. The molecular formula is C18H30N2O5. The van der Waals surface area contributed by atoms with Crippen molar-refractivity contribution in [3.63, 3.8) is 0 Å². The SMILES string of the molecule is CC(C)(C)OC(=O)N1C[C@@H]2C[C@@H]2[C@H]1C(=O)O.CN1C[C@@H]2C[C@@H]2[C@H]1CO. The molecular weight excluding hydrogens is 324 g/mol. The van der Waals surface area contributed by atoms with Crippen LogP contribution in [0.3, 0.4) is 0 Å². The van der Waals surface area contributed by atoms with Crippen molar-refractivity contribution in [2.75, 3.05) is 26.7 Å². The molecule has 142 valence electrons. The number of nitrogens with zero attached hydrogens (tertiary/aromatic N) is 2. The number of amides is 1. The number of rotatable bonds is 2. The smallest absolute Gasteiger partial charge is 0.411 e. The number of hydrogen-bond acceptors (Lipinski definition) is 5. The van der Waals surface area contributed by atoms with Gasteiger partial charge in [-0.1, -0.05) is 0 Å². The molecule has 4 rings (SSSR count). The molecule has 4 aliphatic rings. The van der Waals surface area contributed by atoms with Gasteiger partial charge in [0.1, 0.15) is 11.6 Å². The lowest BCUT2D eigenvalue weighted by Crippen LogP contribution is -2.45. The van der Waals surface area contributed by atoms with Crippen molar-refractivity contribution >= 4 is 12.1 Å². The number of carbonyl (C=O) groups is 2. The number of aliphatic hydroxyl groups excluding tert-OH is 1. The topological polar surface area (TPSA) is 90.3 Å². The van der Waals surface area contributed by atoms with Crippen LogP contribution in [0.2, 0.25) is 0 Å². The minimum Gasteiger partial charge on any atom is -0.480 e. The molecule has 0 radical (unpaired) electrons. The number of aliphatic hydroxyl groups is 1. The average molecular weight is 354 g/mol. The van der Waals surface area contributed by atoms with Gasteiger partial charge in [0.15, 0.2) is 0 Å². The molecule has 6 atom stereocenters. The number of carboxylic acids is 1. The highest BCUT2D eigenvalue weighted by Gasteiger charge is 2.58. The third kappa shape index (κ3) is 3.92. The van der Waals surface area contributed by atoms with E-state index in [2.05, 4.69) is 11.9 Å². The van der Waals surface area contributed by atoms with Gasteiger partial charge in [0.25, 0.3) is 0 Å². The standard InChI is InChI=1S/C11H17NO4.C7H13NO/c1-11(2,3)16-10(15)12-5-6-4-7(6)8(12)9(13)14;1-8-3-5-2-6(5)7(8)4-9/h6-8H,4-5H2,1-3H3,(H,13,14);5-7,9H,2-4H2,1H3/t6-,7-,8-;5-,6-,7+/m00/s1. The number of aliphatic carboxylic acids is 1. The predicted molar refractivity (Wildman–Crippen MR) is 91.1 cm³/mol. The van der Waals surface area contributed by atoms with Crippen LogP contribution in [0, 0.1) is 23.7 Å². The molecule has 7 heteroatoms. The molecule has 0 aromatic heterocycles. The van der Waals surface area contributed by atoms with E-state index in [9.17, 15) is 9.59 Å². The lowest BCUT2D eigenvalue weighted by atomic mass is 10.2. The van der Waals surface area contributed by atoms with E-state index >= 15 is 0 Å². The fraction of sp³-hybridized carbons (Fsp3) is 0.889. The van der Waals surface area contributed by atoms with Crippen LogP contribution in [-0.2, 0) is 9.53 Å². The first kappa shape index (κ1) is 18.5. The second-order valence-electron chi connectivity index (χ2n) is 8.92. The molecule has 7 nitrogen and oxygen atoms in total. The van der Waals surface area contributed by atoms with Gasteiger partial charge in [0.2, 0.25) is 0 Å². The Hall–Kier alpha value is -1.34. The van der Waals surface area contributed by atoms with Crippen molar-refractivity contribution < 1.29 is 24.5 Å². The number of likely N-dealkylation sites (N-methyl/N-ethyl adjacent to an activating group) is 1. The van der Waals surface area contributed by atoms with E-state index in [4.69, 9.17) is 14.9 Å². The van der Waals surface area contributed by atoms with Crippen LogP contribution in [0.5, 0.6) is 0 Å². The van der Waals surface area contributed by atoms with Crippen molar-refractivity contribution in [2.24, 2.45) is 23.7 Å². The first-order valence-electron chi connectivity index (χ1n) is 9.16. The van der Waals surface area contributed by atoms with E-state index in [0.29, 0.717) is 25.1 Å². The molecule has 2 heterocycles. The Morgan fingerprint density at radius 1 is 1.12 bits per heavy atom. The van der Waals surface area contributed by atoms with E-state index in [1.54, 1.807) is 20.8 Å². The zero-order valence-corrected chi connectivity index (χ0v) is 15.5. The minimum atomic E-state index is -0.921. The molecule has 1 amide bonds. The Kier molecular flexibility index (Phi) is 4.75. The molecule has 0 aromatic carbocycles. The number of carboxylic acid groups (broad SMARTS) is 1. The fourth-order valence-electron chi connectivity index (χ4n) is 4.35. The maximum Gasteiger partial charge on any atom is 0.411 e. The summed E-state index contributed by atoms with van der Waals surface area (Å²) in [5.74, 6) is 1.38. The van der Waals surface area contributed by atoms with Gasteiger partial charge in [0, 0.05) is 19.1 Å². The molecule has 0 aromatic rings. The summed E-state index contributed by atoms with van der Waals surface area (Å²) in [7, 11) is 2.10. The second-order valence-corrected chi connectivity index (χ2v) is 8.92. The fourth-order valence-corrected chi connectivity index (χ4v) is 4.35. The van der Waals surface area contributed by atoms with Gasteiger partial charge in [-0.15, -0.1) is 0 Å². The van der Waals surface area contributed by atoms with Gasteiger partial charge < -0.3 is 19.8 Å².